The predicted molar refractivity (Wildman–Crippen MR) is 56.8 cm³/mol. The van der Waals surface area contributed by atoms with Crippen molar-refractivity contribution in [2.24, 2.45) is 0 Å². The molecule has 0 saturated heterocycles. The van der Waals surface area contributed by atoms with Gasteiger partial charge in [0.15, 0.2) is 0 Å². The first-order chi connectivity index (χ1) is 7.36. The van der Waals surface area contributed by atoms with Gasteiger partial charge in [0, 0.05) is 19.2 Å². The van der Waals surface area contributed by atoms with Crippen molar-refractivity contribution in [2.45, 2.75) is 13.5 Å². The van der Waals surface area contributed by atoms with E-state index in [1.807, 2.05) is 26.1 Å². The fourth-order valence-electron chi connectivity index (χ4n) is 1.05. The summed E-state index contributed by atoms with van der Waals surface area (Å²) in [5, 5.41) is 10.9. The first-order valence-electron chi connectivity index (χ1n) is 5.04. The van der Waals surface area contributed by atoms with Crippen molar-refractivity contribution >= 4 is 0 Å². The van der Waals surface area contributed by atoms with E-state index < -0.39 is 0 Å². The van der Waals surface area contributed by atoms with Gasteiger partial charge >= 0.3 is 0 Å². The maximum absolute atomic E-state index is 5.32. The molecule has 0 atom stereocenters. The zero-order chi connectivity index (χ0) is 10.9. The van der Waals surface area contributed by atoms with Gasteiger partial charge in [-0.15, -0.1) is 5.10 Å². The highest BCUT2D eigenvalue weighted by Crippen LogP contribution is 2.04. The Morgan fingerprint density at radius 3 is 2.73 bits per heavy atom. The lowest BCUT2D eigenvalue weighted by molar-refractivity contribution is 0.108. The van der Waals surface area contributed by atoms with Crippen LogP contribution in [0.3, 0.4) is 0 Å². The summed E-state index contributed by atoms with van der Waals surface area (Å²) in [6.07, 6.45) is 0. The van der Waals surface area contributed by atoms with E-state index in [9.17, 15) is 0 Å². The van der Waals surface area contributed by atoms with Crippen LogP contribution < -0.4 is 10.1 Å². The Bertz CT molecular complexity index is 264. The van der Waals surface area contributed by atoms with Gasteiger partial charge in [-0.05, 0) is 20.0 Å². The Kier molecular flexibility index (Phi) is 5.65. The van der Waals surface area contributed by atoms with Crippen molar-refractivity contribution < 1.29 is 9.47 Å². The standard InChI is InChI=1S/C10H17N3O2/c1-3-14-6-7-15-10-5-4-9(8-11-2)12-13-10/h4-5,11H,3,6-8H2,1-2H3. The van der Waals surface area contributed by atoms with Crippen molar-refractivity contribution in [1.29, 1.82) is 0 Å². The van der Waals surface area contributed by atoms with Crippen molar-refractivity contribution in [3.8, 4) is 5.88 Å². The molecule has 0 unspecified atom stereocenters. The zero-order valence-electron chi connectivity index (χ0n) is 9.19. The fraction of sp³-hybridized carbons (Fsp3) is 0.600. The molecule has 0 bridgehead atoms. The largest absolute Gasteiger partial charge is 0.474 e. The molecule has 0 aliphatic rings. The minimum absolute atomic E-state index is 0.508. The van der Waals surface area contributed by atoms with E-state index in [2.05, 4.69) is 15.5 Å². The van der Waals surface area contributed by atoms with Gasteiger partial charge in [0.1, 0.15) is 6.61 Å². The van der Waals surface area contributed by atoms with Crippen LogP contribution in [0, 0.1) is 0 Å². The molecular weight excluding hydrogens is 194 g/mol. The van der Waals surface area contributed by atoms with Gasteiger partial charge < -0.3 is 14.8 Å². The number of nitrogens with one attached hydrogen (secondary N) is 1. The molecule has 0 aliphatic carbocycles. The maximum atomic E-state index is 5.32. The minimum Gasteiger partial charge on any atom is -0.474 e. The molecule has 0 amide bonds. The highest BCUT2D eigenvalue weighted by atomic mass is 16.5. The normalized spacial score (nSPS) is 10.3. The molecule has 1 heterocycles. The van der Waals surface area contributed by atoms with Gasteiger partial charge in [0.2, 0.25) is 5.88 Å². The zero-order valence-corrected chi connectivity index (χ0v) is 9.19. The summed E-state index contributed by atoms with van der Waals surface area (Å²) < 4.78 is 10.5. The molecule has 5 heteroatoms. The molecule has 0 fully saturated rings. The van der Waals surface area contributed by atoms with Gasteiger partial charge in [-0.2, -0.15) is 5.10 Å². The molecule has 84 valence electrons. The lowest BCUT2D eigenvalue weighted by Gasteiger charge is -2.04. The summed E-state index contributed by atoms with van der Waals surface area (Å²) in [5.41, 5.74) is 0.898. The Hall–Kier alpha value is -1.20. The molecule has 0 spiro atoms. The minimum atomic E-state index is 0.508. The quantitative estimate of drug-likeness (QED) is 0.670. The summed E-state index contributed by atoms with van der Waals surface area (Å²) in [6, 6.07) is 3.70. The molecule has 0 saturated carbocycles. The molecule has 1 N–H and O–H groups in total. The number of nitrogens with zero attached hydrogens (tertiary/aromatic N) is 2. The second-order valence-electron chi connectivity index (χ2n) is 2.94. The van der Waals surface area contributed by atoms with Gasteiger partial charge in [0.25, 0.3) is 0 Å². The van der Waals surface area contributed by atoms with Crippen molar-refractivity contribution in [2.75, 3.05) is 26.9 Å². The molecule has 0 aromatic carbocycles. The number of hydrogen-bond donors (Lipinski definition) is 1. The topological polar surface area (TPSA) is 56.3 Å². The third-order valence-electron chi connectivity index (χ3n) is 1.73. The number of rotatable bonds is 7. The predicted octanol–water partition coefficient (Wildman–Crippen LogP) is 0.611. The van der Waals surface area contributed by atoms with E-state index in [0.717, 1.165) is 5.69 Å². The van der Waals surface area contributed by atoms with E-state index in [0.29, 0.717) is 32.2 Å². The third-order valence-corrected chi connectivity index (χ3v) is 1.73. The van der Waals surface area contributed by atoms with Crippen molar-refractivity contribution in [3.05, 3.63) is 17.8 Å². The molecule has 1 aromatic rings. The Balaban J connectivity index is 2.29. The summed E-state index contributed by atoms with van der Waals surface area (Å²) >= 11 is 0. The average molecular weight is 211 g/mol. The second kappa shape index (κ2) is 7.14. The Morgan fingerprint density at radius 2 is 2.13 bits per heavy atom. The molecule has 5 nitrogen and oxygen atoms in total. The van der Waals surface area contributed by atoms with Crippen LogP contribution in [-0.4, -0.2) is 37.1 Å². The fourth-order valence-corrected chi connectivity index (χ4v) is 1.05. The summed E-state index contributed by atoms with van der Waals surface area (Å²) in [4.78, 5) is 0. The lowest BCUT2D eigenvalue weighted by Crippen LogP contribution is -2.10. The van der Waals surface area contributed by atoms with Crippen LogP contribution in [0.15, 0.2) is 12.1 Å². The van der Waals surface area contributed by atoms with Crippen LogP contribution >= 0.6 is 0 Å². The number of ether oxygens (including phenoxy) is 2. The molecule has 15 heavy (non-hydrogen) atoms. The maximum Gasteiger partial charge on any atom is 0.233 e. The van der Waals surface area contributed by atoms with Crippen LogP contribution in [0.1, 0.15) is 12.6 Å². The van der Waals surface area contributed by atoms with Gasteiger partial charge in [-0.1, -0.05) is 0 Å². The number of aromatic nitrogens is 2. The van der Waals surface area contributed by atoms with Crippen LogP contribution in [0.5, 0.6) is 5.88 Å². The SMILES string of the molecule is CCOCCOc1ccc(CNC)nn1. The van der Waals surface area contributed by atoms with E-state index in [1.165, 1.54) is 0 Å². The Labute approximate surface area is 89.8 Å². The van der Waals surface area contributed by atoms with Crippen LogP contribution in [0.4, 0.5) is 0 Å². The molecule has 1 aromatic heterocycles. The summed E-state index contributed by atoms with van der Waals surface area (Å²) in [7, 11) is 1.87. The van der Waals surface area contributed by atoms with E-state index in [1.54, 1.807) is 0 Å². The summed E-state index contributed by atoms with van der Waals surface area (Å²) in [5.74, 6) is 0.537. The Morgan fingerprint density at radius 1 is 1.27 bits per heavy atom. The van der Waals surface area contributed by atoms with E-state index >= 15 is 0 Å². The first-order valence-corrected chi connectivity index (χ1v) is 5.04. The number of hydrogen-bond acceptors (Lipinski definition) is 5. The first kappa shape index (κ1) is 11.9. The molecule has 0 aliphatic heterocycles. The smallest absolute Gasteiger partial charge is 0.233 e. The van der Waals surface area contributed by atoms with Crippen LogP contribution in [-0.2, 0) is 11.3 Å². The monoisotopic (exact) mass is 211 g/mol. The second-order valence-corrected chi connectivity index (χ2v) is 2.94. The van der Waals surface area contributed by atoms with E-state index in [-0.39, 0.29) is 0 Å². The molecule has 0 radical (unpaired) electrons. The molecule has 1 rings (SSSR count). The van der Waals surface area contributed by atoms with Gasteiger partial charge in [0.05, 0.1) is 12.3 Å². The van der Waals surface area contributed by atoms with Gasteiger partial charge in [-0.3, -0.25) is 0 Å². The molecular formula is C10H17N3O2. The van der Waals surface area contributed by atoms with Crippen LogP contribution in [0.25, 0.3) is 0 Å². The summed E-state index contributed by atoms with van der Waals surface area (Å²) in [6.45, 7) is 4.46. The van der Waals surface area contributed by atoms with Crippen LogP contribution in [0.2, 0.25) is 0 Å². The van der Waals surface area contributed by atoms with Crippen molar-refractivity contribution in [3.63, 3.8) is 0 Å². The highest BCUT2D eigenvalue weighted by molar-refractivity contribution is 5.11. The highest BCUT2D eigenvalue weighted by Gasteiger charge is 1.97. The average Bonchev–Trinajstić information content (AvgIpc) is 2.27. The van der Waals surface area contributed by atoms with Gasteiger partial charge in [-0.25, -0.2) is 0 Å². The lowest BCUT2D eigenvalue weighted by atomic mass is 10.4. The van der Waals surface area contributed by atoms with E-state index in [4.69, 9.17) is 9.47 Å². The van der Waals surface area contributed by atoms with Crippen molar-refractivity contribution in [1.82, 2.24) is 15.5 Å². The third kappa shape index (κ3) is 4.71.